The van der Waals surface area contributed by atoms with Crippen LogP contribution in [0.25, 0.3) is 5.65 Å². The van der Waals surface area contributed by atoms with Crippen LogP contribution < -0.4 is 5.32 Å². The number of alkyl halides is 3. The summed E-state index contributed by atoms with van der Waals surface area (Å²) in [5.74, 6) is -0.441. The molecule has 1 N–H and O–H groups in total. The molecule has 0 aliphatic rings. The molecule has 0 fully saturated rings. The number of amides is 1. The minimum absolute atomic E-state index is 0.0324. The Morgan fingerprint density at radius 3 is 2.76 bits per heavy atom. The van der Waals surface area contributed by atoms with Gasteiger partial charge in [-0.2, -0.15) is 18.3 Å². The number of hydrogen-bond donors (Lipinski definition) is 1. The van der Waals surface area contributed by atoms with Crippen molar-refractivity contribution in [3.8, 4) is 0 Å². The number of nitrogens with one attached hydrogen (secondary N) is 1. The lowest BCUT2D eigenvalue weighted by Gasteiger charge is -1.99. The first-order valence-corrected chi connectivity index (χ1v) is 4.56. The molecule has 0 aliphatic carbocycles. The van der Waals surface area contributed by atoms with Crippen LogP contribution in [-0.4, -0.2) is 27.6 Å². The predicted octanol–water partition coefficient (Wildman–Crippen LogP) is 1.11. The summed E-state index contributed by atoms with van der Waals surface area (Å²) in [4.78, 5) is 15.0. The molecule has 0 saturated carbocycles. The fraction of sp³-hybridized carbons (Fsp3) is 0.222. The van der Waals surface area contributed by atoms with Crippen molar-refractivity contribution >= 4 is 11.6 Å². The number of hydrogen-bond acceptors (Lipinski definition) is 3. The smallest absolute Gasteiger partial charge is 0.355 e. The minimum Gasteiger partial charge on any atom is -0.355 e. The maximum Gasteiger partial charge on any atom is 0.435 e. The number of halogens is 3. The zero-order valence-corrected chi connectivity index (χ0v) is 8.62. The maximum absolute atomic E-state index is 12.4. The lowest BCUT2D eigenvalue weighted by atomic mass is 10.3. The Morgan fingerprint density at radius 1 is 1.47 bits per heavy atom. The molecule has 1 amide bonds. The standard InChI is InChI=1S/C9H7F3N4O/c1-13-8(17)5-3-14-7-2-6(9(10,11)12)15-16(7)4-5/h2-4H,1H3,(H,13,17). The largest absolute Gasteiger partial charge is 0.435 e. The molecule has 8 heteroatoms. The van der Waals surface area contributed by atoms with Crippen molar-refractivity contribution < 1.29 is 18.0 Å². The first-order valence-electron chi connectivity index (χ1n) is 4.56. The monoisotopic (exact) mass is 244 g/mol. The Kier molecular flexibility index (Phi) is 2.49. The maximum atomic E-state index is 12.4. The first-order chi connectivity index (χ1) is 7.91. The zero-order chi connectivity index (χ0) is 12.6. The molecule has 5 nitrogen and oxygen atoms in total. The van der Waals surface area contributed by atoms with Crippen LogP contribution in [0, 0.1) is 0 Å². The second-order valence-corrected chi connectivity index (χ2v) is 3.25. The van der Waals surface area contributed by atoms with Gasteiger partial charge in [-0.3, -0.25) is 4.79 Å². The van der Waals surface area contributed by atoms with E-state index in [0.717, 1.165) is 10.6 Å². The highest BCUT2D eigenvalue weighted by Crippen LogP contribution is 2.28. The molecular formula is C9H7F3N4O. The van der Waals surface area contributed by atoms with Crippen molar-refractivity contribution in [2.75, 3.05) is 7.05 Å². The van der Waals surface area contributed by atoms with Gasteiger partial charge in [-0.05, 0) is 0 Å². The van der Waals surface area contributed by atoms with E-state index in [0.29, 0.717) is 0 Å². The third-order valence-corrected chi connectivity index (χ3v) is 2.09. The van der Waals surface area contributed by atoms with Gasteiger partial charge in [0.15, 0.2) is 11.3 Å². The van der Waals surface area contributed by atoms with Crippen molar-refractivity contribution in [3.05, 3.63) is 29.7 Å². The number of nitrogens with zero attached hydrogens (tertiary/aromatic N) is 3. The van der Waals surface area contributed by atoms with Crippen LogP contribution in [0.15, 0.2) is 18.5 Å². The van der Waals surface area contributed by atoms with E-state index in [1.807, 2.05) is 0 Å². The van der Waals surface area contributed by atoms with Gasteiger partial charge >= 0.3 is 6.18 Å². The van der Waals surface area contributed by atoms with Crippen molar-refractivity contribution in [2.45, 2.75) is 6.18 Å². The van der Waals surface area contributed by atoms with Gasteiger partial charge in [-0.25, -0.2) is 9.50 Å². The molecule has 2 heterocycles. The van der Waals surface area contributed by atoms with Crippen LogP contribution in [0.1, 0.15) is 16.1 Å². The molecule has 0 aromatic carbocycles. The Balaban J connectivity index is 2.52. The van der Waals surface area contributed by atoms with E-state index >= 15 is 0 Å². The average molecular weight is 244 g/mol. The van der Waals surface area contributed by atoms with Gasteiger partial charge in [0, 0.05) is 25.5 Å². The van der Waals surface area contributed by atoms with Crippen molar-refractivity contribution in [3.63, 3.8) is 0 Å². The van der Waals surface area contributed by atoms with E-state index in [9.17, 15) is 18.0 Å². The highest BCUT2D eigenvalue weighted by atomic mass is 19.4. The number of aromatic nitrogens is 3. The second kappa shape index (κ2) is 3.72. The Labute approximate surface area is 93.3 Å². The summed E-state index contributed by atoms with van der Waals surface area (Å²) in [7, 11) is 1.41. The fourth-order valence-electron chi connectivity index (χ4n) is 1.28. The van der Waals surface area contributed by atoms with Gasteiger partial charge in [0.1, 0.15) is 0 Å². The Bertz CT molecular complexity index is 575. The normalized spacial score (nSPS) is 11.8. The summed E-state index contributed by atoms with van der Waals surface area (Å²) in [6, 6.07) is 0.813. The Hall–Kier alpha value is -2.12. The van der Waals surface area contributed by atoms with Gasteiger partial charge in [0.05, 0.1) is 5.56 Å². The first kappa shape index (κ1) is 11.4. The van der Waals surface area contributed by atoms with Crippen LogP contribution in [0.2, 0.25) is 0 Å². The van der Waals surface area contributed by atoms with Gasteiger partial charge in [0.2, 0.25) is 0 Å². The molecule has 2 aromatic rings. The molecule has 0 aliphatic heterocycles. The summed E-state index contributed by atoms with van der Waals surface area (Å²) < 4.78 is 38.0. The number of carbonyl (C=O) groups is 1. The highest BCUT2D eigenvalue weighted by molar-refractivity contribution is 5.93. The van der Waals surface area contributed by atoms with E-state index in [1.165, 1.54) is 19.4 Å². The van der Waals surface area contributed by atoms with Crippen LogP contribution in [0.5, 0.6) is 0 Å². The lowest BCUT2D eigenvalue weighted by molar-refractivity contribution is -0.141. The van der Waals surface area contributed by atoms with E-state index < -0.39 is 17.8 Å². The van der Waals surface area contributed by atoms with Crippen LogP contribution >= 0.6 is 0 Å². The van der Waals surface area contributed by atoms with Gasteiger partial charge in [-0.15, -0.1) is 0 Å². The third-order valence-electron chi connectivity index (χ3n) is 2.09. The molecule has 0 radical (unpaired) electrons. The van der Waals surface area contributed by atoms with E-state index in [1.54, 1.807) is 0 Å². The summed E-state index contributed by atoms with van der Waals surface area (Å²) >= 11 is 0. The second-order valence-electron chi connectivity index (χ2n) is 3.25. The molecular weight excluding hydrogens is 237 g/mol. The molecule has 90 valence electrons. The number of rotatable bonds is 1. The molecule has 0 saturated heterocycles. The summed E-state index contributed by atoms with van der Waals surface area (Å²) in [6.07, 6.45) is -2.15. The molecule has 0 atom stereocenters. The summed E-state index contributed by atoms with van der Waals surface area (Å²) in [5.41, 5.74) is -0.874. The average Bonchev–Trinajstić information content (AvgIpc) is 2.70. The van der Waals surface area contributed by atoms with Crippen LogP contribution in [-0.2, 0) is 6.18 Å². The quantitative estimate of drug-likeness (QED) is 0.817. The van der Waals surface area contributed by atoms with Crippen LogP contribution in [0.3, 0.4) is 0 Å². The number of fused-ring (bicyclic) bond motifs is 1. The van der Waals surface area contributed by atoms with Crippen molar-refractivity contribution in [2.24, 2.45) is 0 Å². The van der Waals surface area contributed by atoms with Crippen molar-refractivity contribution in [1.29, 1.82) is 0 Å². The fourth-order valence-corrected chi connectivity index (χ4v) is 1.28. The third kappa shape index (κ3) is 2.05. The molecule has 0 bridgehead atoms. The SMILES string of the molecule is CNC(=O)c1cnc2cc(C(F)(F)F)nn2c1. The molecule has 2 aromatic heterocycles. The van der Waals surface area contributed by atoms with Crippen molar-refractivity contribution in [1.82, 2.24) is 19.9 Å². The summed E-state index contributed by atoms with van der Waals surface area (Å²) in [6.45, 7) is 0. The van der Waals surface area contributed by atoms with Gasteiger partial charge in [-0.1, -0.05) is 0 Å². The highest BCUT2D eigenvalue weighted by Gasteiger charge is 2.34. The van der Waals surface area contributed by atoms with Crippen LogP contribution in [0.4, 0.5) is 13.2 Å². The topological polar surface area (TPSA) is 59.3 Å². The molecule has 0 unspecified atom stereocenters. The van der Waals surface area contributed by atoms with Gasteiger partial charge < -0.3 is 5.32 Å². The predicted molar refractivity (Wildman–Crippen MR) is 51.4 cm³/mol. The lowest BCUT2D eigenvalue weighted by Crippen LogP contribution is -2.18. The minimum atomic E-state index is -4.53. The molecule has 17 heavy (non-hydrogen) atoms. The molecule has 2 rings (SSSR count). The zero-order valence-electron chi connectivity index (χ0n) is 8.62. The van der Waals surface area contributed by atoms with Gasteiger partial charge in [0.25, 0.3) is 5.91 Å². The van der Waals surface area contributed by atoms with E-state index in [2.05, 4.69) is 15.4 Å². The summed E-state index contributed by atoms with van der Waals surface area (Å²) in [5, 5.41) is 5.65. The van der Waals surface area contributed by atoms with E-state index in [4.69, 9.17) is 0 Å². The van der Waals surface area contributed by atoms with E-state index in [-0.39, 0.29) is 11.2 Å². The Morgan fingerprint density at radius 2 is 2.18 bits per heavy atom. The molecule has 0 spiro atoms. The number of carbonyl (C=O) groups excluding carboxylic acids is 1.